The maximum atomic E-state index is 8.98. The van der Waals surface area contributed by atoms with Crippen LogP contribution in [0.4, 0.5) is 0 Å². The van der Waals surface area contributed by atoms with Crippen molar-refractivity contribution in [3.63, 3.8) is 0 Å². The average molecular weight is 236 g/mol. The van der Waals surface area contributed by atoms with Gasteiger partial charge in [-0.3, -0.25) is 0 Å². The lowest BCUT2D eigenvalue weighted by Crippen LogP contribution is -2.06. The van der Waals surface area contributed by atoms with Gasteiger partial charge in [-0.05, 0) is 0 Å². The van der Waals surface area contributed by atoms with Gasteiger partial charge in [0.15, 0.2) is 5.76 Å². The minimum atomic E-state index is -2.13. The molecule has 6 heteroatoms. The highest BCUT2D eigenvalue weighted by Gasteiger charge is 2.30. The fourth-order valence-electron chi connectivity index (χ4n) is 0.526. The van der Waals surface area contributed by atoms with Crippen LogP contribution in [0.25, 0.3) is 0 Å². The lowest BCUT2D eigenvalue weighted by Gasteiger charge is -2.07. The molecule has 1 N–H and O–H groups in total. The first-order valence-corrected chi connectivity index (χ1v) is 3.97. The molecule has 0 atom stereocenters. The summed E-state index contributed by atoms with van der Waals surface area (Å²) in [7, 11) is 0. The number of halogens is 4. The second-order valence-corrected chi connectivity index (χ2v) is 3.84. The molecule has 11 heavy (non-hydrogen) atoms. The number of rotatable bonds is 1. The van der Waals surface area contributed by atoms with Gasteiger partial charge in [0, 0.05) is 0 Å². The first-order chi connectivity index (χ1) is 4.93. The van der Waals surface area contributed by atoms with E-state index in [0.717, 1.165) is 6.26 Å². The van der Waals surface area contributed by atoms with Gasteiger partial charge in [0.05, 0.1) is 5.02 Å². The van der Waals surface area contributed by atoms with E-state index in [9.17, 15) is 0 Å². The van der Waals surface area contributed by atoms with Gasteiger partial charge in [-0.25, -0.2) is 0 Å². The Hall–Kier alpha value is 0.400. The van der Waals surface area contributed by atoms with Crippen LogP contribution in [0.3, 0.4) is 0 Å². The fourth-order valence-corrected chi connectivity index (χ4v) is 1.26. The van der Waals surface area contributed by atoms with E-state index in [2.05, 4.69) is 4.42 Å². The molecule has 1 aromatic rings. The van der Waals surface area contributed by atoms with Crippen molar-refractivity contribution in [2.45, 2.75) is 4.52 Å². The maximum absolute atomic E-state index is 8.98. The summed E-state index contributed by atoms with van der Waals surface area (Å²) in [6.07, 6.45) is 1.13. The highest BCUT2D eigenvalue weighted by atomic mass is 35.5. The Labute approximate surface area is 82.6 Å². The number of hydrogen-bond acceptors (Lipinski definition) is 2. The van der Waals surface area contributed by atoms with E-state index in [1.54, 1.807) is 0 Å². The highest BCUT2D eigenvalue weighted by Crippen LogP contribution is 2.39. The molecule has 0 bridgehead atoms. The molecule has 1 rings (SSSR count). The summed E-state index contributed by atoms with van der Waals surface area (Å²) < 4.78 is 2.55. The van der Waals surface area contributed by atoms with E-state index >= 15 is 0 Å². The van der Waals surface area contributed by atoms with Crippen LogP contribution in [0.2, 0.25) is 10.0 Å². The van der Waals surface area contributed by atoms with Crippen LogP contribution < -0.4 is 0 Å². The zero-order chi connectivity index (χ0) is 8.65. The van der Waals surface area contributed by atoms with Crippen LogP contribution in [0.15, 0.2) is 10.7 Å². The molecule has 0 aliphatic carbocycles. The normalized spacial score (nSPS) is 12.1. The Kier molecular flexibility index (Phi) is 2.62. The molecule has 0 unspecified atom stereocenters. The van der Waals surface area contributed by atoms with Crippen molar-refractivity contribution in [2.24, 2.45) is 0 Å². The number of aliphatic hydroxyl groups is 1. The Bertz CT molecular complexity index is 262. The molecule has 0 aliphatic rings. The molecular weight excluding hydrogens is 234 g/mol. The first kappa shape index (κ1) is 9.49. The molecule has 0 saturated carbocycles. The van der Waals surface area contributed by atoms with Crippen molar-refractivity contribution in [1.82, 2.24) is 0 Å². The van der Waals surface area contributed by atoms with Gasteiger partial charge in [0.1, 0.15) is 11.3 Å². The Balaban J connectivity index is 3.15. The molecule has 0 aliphatic heterocycles. The topological polar surface area (TPSA) is 33.4 Å². The van der Waals surface area contributed by atoms with Gasteiger partial charge < -0.3 is 9.52 Å². The largest absolute Gasteiger partial charge is 0.460 e. The average Bonchev–Trinajstić information content (AvgIpc) is 2.11. The standard InChI is InChI=1S/C5H2Cl4O2/c6-2-1-11-4(3(2)7)5(8,9)10/h1,10H. The summed E-state index contributed by atoms with van der Waals surface area (Å²) in [6, 6.07) is 0. The van der Waals surface area contributed by atoms with E-state index in [0.29, 0.717) is 0 Å². The molecule has 0 radical (unpaired) electrons. The van der Waals surface area contributed by atoms with Crippen LogP contribution in [0.1, 0.15) is 5.76 Å². The monoisotopic (exact) mass is 234 g/mol. The summed E-state index contributed by atoms with van der Waals surface area (Å²) >= 11 is 21.5. The maximum Gasteiger partial charge on any atom is 0.276 e. The third-order valence-electron chi connectivity index (χ3n) is 0.962. The third-order valence-corrected chi connectivity index (χ3v) is 2.06. The van der Waals surface area contributed by atoms with Crippen LogP contribution in [0.5, 0.6) is 0 Å². The number of hydrogen-bond donors (Lipinski definition) is 1. The summed E-state index contributed by atoms with van der Waals surface area (Å²) in [4.78, 5) is 0. The zero-order valence-electron chi connectivity index (χ0n) is 4.94. The van der Waals surface area contributed by atoms with Crippen molar-refractivity contribution >= 4 is 46.4 Å². The smallest absolute Gasteiger partial charge is 0.276 e. The molecule has 1 aromatic heterocycles. The summed E-state index contributed by atoms with van der Waals surface area (Å²) in [6.45, 7) is 0. The van der Waals surface area contributed by atoms with E-state index in [4.69, 9.17) is 51.5 Å². The lowest BCUT2D eigenvalue weighted by atomic mass is 10.5. The Morgan fingerprint density at radius 2 is 1.91 bits per heavy atom. The Morgan fingerprint density at radius 1 is 1.36 bits per heavy atom. The van der Waals surface area contributed by atoms with Crippen molar-refractivity contribution in [3.8, 4) is 0 Å². The Morgan fingerprint density at radius 3 is 2.09 bits per heavy atom. The summed E-state index contributed by atoms with van der Waals surface area (Å²) in [5, 5.41) is 9.14. The van der Waals surface area contributed by atoms with Gasteiger partial charge in [-0.15, -0.1) is 0 Å². The van der Waals surface area contributed by atoms with E-state index in [1.807, 2.05) is 0 Å². The lowest BCUT2D eigenvalue weighted by molar-refractivity contribution is 0.187. The molecule has 1 heterocycles. The molecule has 0 saturated heterocycles. The molecular formula is C5H2Cl4O2. The second-order valence-electron chi connectivity index (χ2n) is 1.77. The number of furan rings is 1. The minimum absolute atomic E-state index is 0.0131. The van der Waals surface area contributed by atoms with Crippen molar-refractivity contribution in [3.05, 3.63) is 22.1 Å². The summed E-state index contributed by atoms with van der Waals surface area (Å²) in [5.41, 5.74) is 0. The fraction of sp³-hybridized carbons (Fsp3) is 0.200. The van der Waals surface area contributed by atoms with E-state index in [-0.39, 0.29) is 15.8 Å². The SMILES string of the molecule is OC(Cl)(Cl)c1occ(Cl)c1Cl. The van der Waals surface area contributed by atoms with Gasteiger partial charge in [0.25, 0.3) is 4.52 Å². The molecule has 0 fully saturated rings. The summed E-state index contributed by atoms with van der Waals surface area (Å²) in [5.74, 6) is -0.174. The quantitative estimate of drug-likeness (QED) is 0.759. The van der Waals surface area contributed by atoms with Gasteiger partial charge in [-0.1, -0.05) is 46.4 Å². The minimum Gasteiger partial charge on any atom is -0.460 e. The van der Waals surface area contributed by atoms with Crippen molar-refractivity contribution in [1.29, 1.82) is 0 Å². The van der Waals surface area contributed by atoms with Gasteiger partial charge in [-0.2, -0.15) is 0 Å². The van der Waals surface area contributed by atoms with Gasteiger partial charge in [0.2, 0.25) is 0 Å². The molecule has 0 amide bonds. The van der Waals surface area contributed by atoms with Crippen LogP contribution in [-0.2, 0) is 4.52 Å². The predicted octanol–water partition coefficient (Wildman–Crippen LogP) is 3.17. The number of alkyl halides is 2. The van der Waals surface area contributed by atoms with Crippen molar-refractivity contribution in [2.75, 3.05) is 0 Å². The van der Waals surface area contributed by atoms with E-state index < -0.39 is 4.52 Å². The molecule has 62 valence electrons. The highest BCUT2D eigenvalue weighted by molar-refractivity contribution is 6.49. The first-order valence-electron chi connectivity index (χ1n) is 2.46. The van der Waals surface area contributed by atoms with Gasteiger partial charge >= 0.3 is 0 Å². The van der Waals surface area contributed by atoms with E-state index in [1.165, 1.54) is 0 Å². The third kappa shape index (κ3) is 1.95. The van der Waals surface area contributed by atoms with Crippen LogP contribution in [0, 0.1) is 0 Å². The molecule has 0 spiro atoms. The van der Waals surface area contributed by atoms with Crippen molar-refractivity contribution < 1.29 is 9.52 Å². The van der Waals surface area contributed by atoms with Crippen LogP contribution in [-0.4, -0.2) is 5.11 Å². The van der Waals surface area contributed by atoms with Crippen LogP contribution >= 0.6 is 46.4 Å². The molecule has 2 nitrogen and oxygen atoms in total. The zero-order valence-corrected chi connectivity index (χ0v) is 7.97. The second kappa shape index (κ2) is 3.04. The predicted molar refractivity (Wildman–Crippen MR) is 44.3 cm³/mol. The molecule has 0 aromatic carbocycles.